The molecule has 252 valence electrons. The molecular weight excluding hydrogens is 608 g/mol. The molecule has 15 atom stereocenters. The first-order valence-corrected chi connectivity index (χ1v) is 15.7. The highest BCUT2D eigenvalue weighted by atomic mass is 32.2. The second kappa shape index (κ2) is 14.6. The van der Waals surface area contributed by atoms with Gasteiger partial charge in [-0.15, -0.1) is 0 Å². The lowest BCUT2D eigenvalue weighted by Gasteiger charge is -2.48. The van der Waals surface area contributed by atoms with Crippen LogP contribution >= 0.6 is 0 Å². The zero-order valence-electron chi connectivity index (χ0n) is 24.1. The minimum absolute atomic E-state index is 0.0341. The van der Waals surface area contributed by atoms with Gasteiger partial charge >= 0.3 is 0 Å². The Hall–Kier alpha value is -1.43. The SMILES string of the molecule is Cc1ccc(S(=O)(=O)OCC[C@H]2O[C@H](O[C@@H]3[C@@H](O)[C@H](O[C@H]4O[C@H](CN)[C@@H](O)[C@H](O)[C@H]4O)[C@@H](N)C[C@H]3N)[C@H](O)[C@@H](N)[C@@H]2O)cc1. The molecule has 0 spiro atoms. The van der Waals surface area contributed by atoms with Crippen LogP contribution in [0.1, 0.15) is 18.4 Å². The van der Waals surface area contributed by atoms with Gasteiger partial charge in [0.15, 0.2) is 12.6 Å². The lowest BCUT2D eigenvalue weighted by atomic mass is 9.84. The summed E-state index contributed by atoms with van der Waals surface area (Å²) in [5.74, 6) is 0. The normalized spacial score (nSPS) is 43.6. The third-order valence-corrected chi connectivity index (χ3v) is 9.58. The first-order chi connectivity index (χ1) is 20.7. The van der Waals surface area contributed by atoms with Crippen molar-refractivity contribution in [2.24, 2.45) is 22.9 Å². The predicted octanol–water partition coefficient (Wildman–Crippen LogP) is -5.18. The molecule has 0 aromatic heterocycles. The van der Waals surface area contributed by atoms with Gasteiger partial charge in [-0.3, -0.25) is 4.18 Å². The van der Waals surface area contributed by atoms with Crippen molar-refractivity contribution in [3.63, 3.8) is 0 Å². The van der Waals surface area contributed by atoms with Gasteiger partial charge in [0.05, 0.1) is 29.8 Å². The van der Waals surface area contributed by atoms with E-state index in [9.17, 15) is 39.1 Å². The second-order valence-electron chi connectivity index (χ2n) is 11.5. The number of aryl methyl sites for hydroxylation is 1. The van der Waals surface area contributed by atoms with Crippen molar-refractivity contribution in [3.05, 3.63) is 29.8 Å². The standard InChI is InChI=1S/C26H44N4O13S/c1-10-2-4-11(5-3-10)44(37,38)39-7-6-14-17(31)16(30)19(33)25(40-14)42-23-12(28)8-13(29)24(22(23)36)43-26-21(35)20(34)18(32)15(9-27)41-26/h2-5,12-26,31-36H,6-9,27-30H2,1H3/t12-,13+,14-,15-,16+,17-,18-,19-,20+,21-,22-,23+,24-,25-,26-/m1/s1. The minimum Gasteiger partial charge on any atom is -0.389 e. The molecule has 1 aromatic rings. The van der Waals surface area contributed by atoms with Crippen LogP contribution in [0, 0.1) is 6.92 Å². The monoisotopic (exact) mass is 652 g/mol. The van der Waals surface area contributed by atoms with Gasteiger partial charge in [-0.05, 0) is 25.5 Å². The van der Waals surface area contributed by atoms with Gasteiger partial charge in [0, 0.05) is 25.0 Å². The summed E-state index contributed by atoms with van der Waals surface area (Å²) in [5.41, 5.74) is 24.9. The van der Waals surface area contributed by atoms with Crippen molar-refractivity contribution in [1.29, 1.82) is 0 Å². The maximum Gasteiger partial charge on any atom is 0.296 e. The minimum atomic E-state index is -4.10. The Labute approximate surface area is 254 Å². The Morgan fingerprint density at radius 2 is 1.32 bits per heavy atom. The summed E-state index contributed by atoms with van der Waals surface area (Å²) in [6.45, 7) is 1.21. The summed E-state index contributed by atoms with van der Waals surface area (Å²) >= 11 is 0. The fourth-order valence-corrected chi connectivity index (χ4v) is 6.46. The molecule has 3 fully saturated rings. The molecule has 1 aliphatic carbocycles. The molecule has 2 heterocycles. The van der Waals surface area contributed by atoms with E-state index < -0.39 is 108 Å². The van der Waals surface area contributed by atoms with Gasteiger partial charge in [0.1, 0.15) is 48.8 Å². The molecule has 44 heavy (non-hydrogen) atoms. The lowest BCUT2D eigenvalue weighted by Crippen LogP contribution is -2.68. The summed E-state index contributed by atoms with van der Waals surface area (Å²) < 4.78 is 53.0. The predicted molar refractivity (Wildman–Crippen MR) is 150 cm³/mol. The van der Waals surface area contributed by atoms with Crippen LogP contribution in [0.5, 0.6) is 0 Å². The number of aliphatic hydroxyl groups is 6. The van der Waals surface area contributed by atoms with Gasteiger partial charge in [0.25, 0.3) is 10.1 Å². The second-order valence-corrected chi connectivity index (χ2v) is 13.1. The molecule has 4 rings (SSSR count). The summed E-state index contributed by atoms with van der Waals surface area (Å²) in [4.78, 5) is -0.0489. The number of rotatable bonds is 10. The quantitative estimate of drug-likeness (QED) is 0.106. The summed E-state index contributed by atoms with van der Waals surface area (Å²) in [7, 11) is -4.10. The van der Waals surface area contributed by atoms with Gasteiger partial charge < -0.3 is 72.5 Å². The molecule has 1 aromatic carbocycles. The van der Waals surface area contributed by atoms with E-state index in [1.54, 1.807) is 19.1 Å². The molecule has 17 nitrogen and oxygen atoms in total. The third-order valence-electron chi connectivity index (χ3n) is 8.25. The Morgan fingerprint density at radius 1 is 0.773 bits per heavy atom. The van der Waals surface area contributed by atoms with Crippen LogP contribution in [-0.4, -0.2) is 144 Å². The first kappa shape index (κ1) is 35.4. The number of aliphatic hydroxyl groups excluding tert-OH is 6. The van der Waals surface area contributed by atoms with Crippen LogP contribution in [0.3, 0.4) is 0 Å². The van der Waals surface area contributed by atoms with E-state index in [1.165, 1.54) is 12.1 Å². The van der Waals surface area contributed by atoms with Crippen LogP contribution < -0.4 is 22.9 Å². The molecule has 0 radical (unpaired) electrons. The molecule has 3 aliphatic rings. The van der Waals surface area contributed by atoms with E-state index in [4.69, 9.17) is 46.1 Å². The molecule has 1 saturated carbocycles. The van der Waals surface area contributed by atoms with E-state index in [1.807, 2.05) is 0 Å². The highest BCUT2D eigenvalue weighted by Gasteiger charge is 2.51. The van der Waals surface area contributed by atoms with Crippen molar-refractivity contribution in [2.45, 2.75) is 116 Å². The fraction of sp³-hybridized carbons (Fsp3) is 0.769. The topological polar surface area (TPSA) is 306 Å². The molecule has 0 unspecified atom stereocenters. The number of hydrogen-bond donors (Lipinski definition) is 10. The van der Waals surface area contributed by atoms with Crippen molar-refractivity contribution >= 4 is 10.1 Å². The average molecular weight is 653 g/mol. The lowest BCUT2D eigenvalue weighted by molar-refractivity contribution is -0.331. The third kappa shape index (κ3) is 7.58. The van der Waals surface area contributed by atoms with Gasteiger partial charge in [-0.1, -0.05) is 17.7 Å². The summed E-state index contributed by atoms with van der Waals surface area (Å²) in [6, 6.07) is 2.96. The molecule has 14 N–H and O–H groups in total. The van der Waals surface area contributed by atoms with Gasteiger partial charge in [0.2, 0.25) is 0 Å². The van der Waals surface area contributed by atoms with Crippen molar-refractivity contribution in [2.75, 3.05) is 13.2 Å². The smallest absolute Gasteiger partial charge is 0.296 e. The Kier molecular flexibility index (Phi) is 11.7. The number of benzene rings is 1. The average Bonchev–Trinajstić information content (AvgIpc) is 2.98. The van der Waals surface area contributed by atoms with Crippen LogP contribution in [0.2, 0.25) is 0 Å². The first-order valence-electron chi connectivity index (χ1n) is 14.3. The highest BCUT2D eigenvalue weighted by molar-refractivity contribution is 7.86. The highest BCUT2D eigenvalue weighted by Crippen LogP contribution is 2.32. The molecule has 2 saturated heterocycles. The molecule has 0 amide bonds. The zero-order chi connectivity index (χ0) is 32.5. The Balaban J connectivity index is 1.41. The number of ether oxygens (including phenoxy) is 4. The molecule has 18 heteroatoms. The van der Waals surface area contributed by atoms with E-state index in [2.05, 4.69) is 0 Å². The fourth-order valence-electron chi connectivity index (χ4n) is 5.54. The van der Waals surface area contributed by atoms with Crippen molar-refractivity contribution < 1.29 is 62.2 Å². The van der Waals surface area contributed by atoms with E-state index in [0.717, 1.165) is 5.56 Å². The summed E-state index contributed by atoms with van der Waals surface area (Å²) in [5, 5.41) is 63.2. The van der Waals surface area contributed by atoms with E-state index >= 15 is 0 Å². The van der Waals surface area contributed by atoms with Gasteiger partial charge in [-0.25, -0.2) is 0 Å². The molecular formula is C26H44N4O13S. The Bertz CT molecular complexity index is 1180. The molecule has 2 aliphatic heterocycles. The maximum absolute atomic E-state index is 12.5. The van der Waals surface area contributed by atoms with Crippen molar-refractivity contribution in [3.8, 4) is 0 Å². The number of hydrogen-bond acceptors (Lipinski definition) is 17. The van der Waals surface area contributed by atoms with Gasteiger partial charge in [-0.2, -0.15) is 8.42 Å². The van der Waals surface area contributed by atoms with E-state index in [0.29, 0.717) is 0 Å². The van der Waals surface area contributed by atoms with Crippen LogP contribution in [0.25, 0.3) is 0 Å². The van der Waals surface area contributed by atoms with Crippen LogP contribution in [-0.2, 0) is 33.2 Å². The largest absolute Gasteiger partial charge is 0.389 e. The van der Waals surface area contributed by atoms with Crippen LogP contribution in [0.4, 0.5) is 0 Å². The Morgan fingerprint density at radius 3 is 1.89 bits per heavy atom. The zero-order valence-corrected chi connectivity index (χ0v) is 24.9. The van der Waals surface area contributed by atoms with Crippen molar-refractivity contribution in [1.82, 2.24) is 0 Å². The van der Waals surface area contributed by atoms with E-state index in [-0.39, 0.29) is 24.3 Å². The maximum atomic E-state index is 12.5. The number of nitrogens with two attached hydrogens (primary N) is 4. The van der Waals surface area contributed by atoms with Crippen LogP contribution in [0.15, 0.2) is 29.2 Å². The summed E-state index contributed by atoms with van der Waals surface area (Å²) in [6.07, 6.45) is -17.3. The molecule has 0 bridgehead atoms.